The first-order valence-electron chi connectivity index (χ1n) is 10.6. The second kappa shape index (κ2) is 8.65. The van der Waals surface area contributed by atoms with Crippen LogP contribution in [0.15, 0.2) is 53.3 Å². The molecule has 0 spiro atoms. The highest BCUT2D eigenvalue weighted by Gasteiger charge is 2.21. The molecule has 0 radical (unpaired) electrons. The first-order chi connectivity index (χ1) is 14.4. The van der Waals surface area contributed by atoms with Gasteiger partial charge >= 0.3 is 0 Å². The van der Waals surface area contributed by atoms with E-state index in [0.717, 1.165) is 49.4 Å². The maximum absolute atomic E-state index is 12.4. The van der Waals surface area contributed by atoms with Gasteiger partial charge in [0.15, 0.2) is 0 Å². The summed E-state index contributed by atoms with van der Waals surface area (Å²) in [6, 6.07) is 16.3. The first kappa shape index (κ1) is 20.7. The smallest absolute Gasteiger partial charge is 0.258 e. The molecule has 3 aromatic rings. The molecule has 0 bridgehead atoms. The Hall–Kier alpha value is -2.59. The van der Waals surface area contributed by atoms with Gasteiger partial charge in [0, 0.05) is 24.8 Å². The van der Waals surface area contributed by atoms with Gasteiger partial charge in [-0.1, -0.05) is 41.4 Å². The minimum absolute atomic E-state index is 0.0827. The van der Waals surface area contributed by atoms with Crippen molar-refractivity contribution in [3.8, 4) is 5.69 Å². The molecule has 4 nitrogen and oxygen atoms in total. The lowest BCUT2D eigenvalue weighted by atomic mass is 9.90. The van der Waals surface area contributed by atoms with Crippen molar-refractivity contribution in [2.45, 2.75) is 40.0 Å². The second-order valence-corrected chi connectivity index (χ2v) is 8.78. The summed E-state index contributed by atoms with van der Waals surface area (Å²) in [5.74, 6) is 1.38. The molecular formula is C25H28ClN3O. The molecule has 5 heteroatoms. The highest BCUT2D eigenvalue weighted by Crippen LogP contribution is 2.32. The van der Waals surface area contributed by atoms with Gasteiger partial charge in [-0.2, -0.15) is 0 Å². The molecular weight excluding hydrogens is 394 g/mol. The van der Waals surface area contributed by atoms with Crippen molar-refractivity contribution in [3.05, 3.63) is 86.6 Å². The third kappa shape index (κ3) is 4.44. The van der Waals surface area contributed by atoms with Crippen LogP contribution in [0.4, 0.5) is 5.69 Å². The number of nitrogens with zero attached hydrogens (tertiary/aromatic N) is 3. The number of halogens is 1. The van der Waals surface area contributed by atoms with Gasteiger partial charge in [-0.05, 0) is 69.7 Å². The predicted molar refractivity (Wildman–Crippen MR) is 124 cm³/mol. The Bertz CT molecular complexity index is 1100. The van der Waals surface area contributed by atoms with E-state index in [1.165, 1.54) is 11.1 Å². The zero-order valence-electron chi connectivity index (χ0n) is 17.9. The molecule has 4 rings (SSSR count). The Morgan fingerprint density at radius 2 is 1.70 bits per heavy atom. The van der Waals surface area contributed by atoms with E-state index in [1.807, 2.05) is 32.0 Å². The standard InChI is InChI=1S/C25H28ClN3O/c1-17-4-6-20(7-5-17)15-21-10-12-28(13-11-21)24-9-8-22(16-23(24)26)29-19(3)27-18(2)14-25(29)30/h4-9,14,16,21H,10-13,15H2,1-3H3. The lowest BCUT2D eigenvalue weighted by Gasteiger charge is -2.34. The van der Waals surface area contributed by atoms with Gasteiger partial charge in [-0.25, -0.2) is 4.98 Å². The first-order valence-corrected chi connectivity index (χ1v) is 11.0. The fraction of sp³-hybridized carbons (Fsp3) is 0.360. The molecule has 156 valence electrons. The van der Waals surface area contributed by atoms with Crippen LogP contribution in [0.25, 0.3) is 5.69 Å². The summed E-state index contributed by atoms with van der Waals surface area (Å²) >= 11 is 6.65. The van der Waals surface area contributed by atoms with Crippen LogP contribution < -0.4 is 10.5 Å². The van der Waals surface area contributed by atoms with Crippen LogP contribution in [0.3, 0.4) is 0 Å². The van der Waals surface area contributed by atoms with Gasteiger partial charge < -0.3 is 4.90 Å². The van der Waals surface area contributed by atoms with Crippen molar-refractivity contribution in [2.75, 3.05) is 18.0 Å². The van der Waals surface area contributed by atoms with E-state index < -0.39 is 0 Å². The summed E-state index contributed by atoms with van der Waals surface area (Å²) in [5, 5.41) is 0.677. The Kier molecular flexibility index (Phi) is 5.96. The van der Waals surface area contributed by atoms with E-state index in [9.17, 15) is 4.79 Å². The van der Waals surface area contributed by atoms with Crippen LogP contribution in [-0.4, -0.2) is 22.6 Å². The normalized spacial score (nSPS) is 14.9. The third-order valence-electron chi connectivity index (χ3n) is 6.00. The fourth-order valence-corrected chi connectivity index (χ4v) is 4.68. The molecule has 0 N–H and O–H groups in total. The maximum Gasteiger partial charge on any atom is 0.258 e. The number of aryl methyl sites for hydroxylation is 3. The summed E-state index contributed by atoms with van der Waals surface area (Å²) in [5.41, 5.74) is 5.18. The molecule has 0 unspecified atom stereocenters. The SMILES string of the molecule is Cc1ccc(CC2CCN(c3ccc(-n4c(C)nc(C)cc4=O)cc3Cl)CC2)cc1. The fourth-order valence-electron chi connectivity index (χ4n) is 4.38. The number of rotatable bonds is 4. The van der Waals surface area contributed by atoms with E-state index in [4.69, 9.17) is 11.6 Å². The van der Waals surface area contributed by atoms with Crippen molar-refractivity contribution < 1.29 is 0 Å². The molecule has 1 fully saturated rings. The van der Waals surface area contributed by atoms with E-state index in [1.54, 1.807) is 10.6 Å². The van der Waals surface area contributed by atoms with Crippen molar-refractivity contribution >= 4 is 17.3 Å². The second-order valence-electron chi connectivity index (χ2n) is 8.37. The average Bonchev–Trinajstić information content (AvgIpc) is 2.70. The van der Waals surface area contributed by atoms with Gasteiger partial charge in [-0.15, -0.1) is 0 Å². The number of hydrogen-bond acceptors (Lipinski definition) is 3. The molecule has 1 aromatic heterocycles. The Labute approximate surface area is 183 Å². The number of benzene rings is 2. The van der Waals surface area contributed by atoms with Crippen LogP contribution >= 0.6 is 11.6 Å². The van der Waals surface area contributed by atoms with Crippen LogP contribution in [0.5, 0.6) is 0 Å². The topological polar surface area (TPSA) is 38.1 Å². The van der Waals surface area contributed by atoms with E-state index in [-0.39, 0.29) is 5.56 Å². The molecule has 1 aliphatic rings. The quantitative estimate of drug-likeness (QED) is 0.575. The predicted octanol–water partition coefficient (Wildman–Crippen LogP) is 5.27. The lowest BCUT2D eigenvalue weighted by Crippen LogP contribution is -2.34. The maximum atomic E-state index is 12.4. The molecule has 0 saturated carbocycles. The molecule has 0 aliphatic carbocycles. The number of anilines is 1. The van der Waals surface area contributed by atoms with E-state index in [0.29, 0.717) is 16.8 Å². The Morgan fingerprint density at radius 1 is 1.00 bits per heavy atom. The van der Waals surface area contributed by atoms with E-state index in [2.05, 4.69) is 41.1 Å². The Morgan fingerprint density at radius 3 is 2.33 bits per heavy atom. The summed E-state index contributed by atoms with van der Waals surface area (Å²) in [4.78, 5) is 19.2. The highest BCUT2D eigenvalue weighted by atomic mass is 35.5. The molecule has 2 heterocycles. The summed E-state index contributed by atoms with van der Waals surface area (Å²) in [6.45, 7) is 7.80. The van der Waals surface area contributed by atoms with Gasteiger partial charge in [0.25, 0.3) is 5.56 Å². The molecule has 2 aromatic carbocycles. The minimum Gasteiger partial charge on any atom is -0.370 e. The zero-order chi connectivity index (χ0) is 21.3. The zero-order valence-corrected chi connectivity index (χ0v) is 18.6. The van der Waals surface area contributed by atoms with Crippen LogP contribution in [0, 0.1) is 26.7 Å². The van der Waals surface area contributed by atoms with Crippen LogP contribution in [0.1, 0.15) is 35.5 Å². The largest absolute Gasteiger partial charge is 0.370 e. The van der Waals surface area contributed by atoms with Crippen molar-refractivity contribution in [2.24, 2.45) is 5.92 Å². The minimum atomic E-state index is -0.0827. The van der Waals surface area contributed by atoms with Gasteiger partial charge in [-0.3, -0.25) is 9.36 Å². The monoisotopic (exact) mass is 421 g/mol. The number of aromatic nitrogens is 2. The molecule has 0 amide bonds. The summed E-state index contributed by atoms with van der Waals surface area (Å²) in [7, 11) is 0. The lowest BCUT2D eigenvalue weighted by molar-refractivity contribution is 0.404. The van der Waals surface area contributed by atoms with Crippen LogP contribution in [0.2, 0.25) is 5.02 Å². The van der Waals surface area contributed by atoms with Gasteiger partial charge in [0.1, 0.15) is 5.82 Å². The van der Waals surface area contributed by atoms with Crippen molar-refractivity contribution in [1.29, 1.82) is 0 Å². The molecule has 0 atom stereocenters. The van der Waals surface area contributed by atoms with Crippen LogP contribution in [-0.2, 0) is 6.42 Å². The van der Waals surface area contributed by atoms with Gasteiger partial charge in [0.05, 0.1) is 16.4 Å². The molecule has 1 saturated heterocycles. The average molecular weight is 422 g/mol. The highest BCUT2D eigenvalue weighted by molar-refractivity contribution is 6.33. The summed E-state index contributed by atoms with van der Waals surface area (Å²) < 4.78 is 1.61. The van der Waals surface area contributed by atoms with E-state index >= 15 is 0 Å². The Balaban J connectivity index is 1.46. The van der Waals surface area contributed by atoms with Crippen molar-refractivity contribution in [3.63, 3.8) is 0 Å². The van der Waals surface area contributed by atoms with Crippen molar-refractivity contribution in [1.82, 2.24) is 9.55 Å². The number of hydrogen-bond donors (Lipinski definition) is 0. The summed E-state index contributed by atoms with van der Waals surface area (Å²) in [6.07, 6.45) is 3.46. The van der Waals surface area contributed by atoms with Gasteiger partial charge in [0.2, 0.25) is 0 Å². The number of piperidine rings is 1. The molecule has 30 heavy (non-hydrogen) atoms. The molecule has 1 aliphatic heterocycles. The third-order valence-corrected chi connectivity index (χ3v) is 6.31.